The van der Waals surface area contributed by atoms with Gasteiger partial charge in [0.1, 0.15) is 5.69 Å². The van der Waals surface area contributed by atoms with Crippen molar-refractivity contribution in [3.05, 3.63) is 41.4 Å². The second-order valence-corrected chi connectivity index (χ2v) is 8.85. The zero-order chi connectivity index (χ0) is 20.8. The molecule has 0 aliphatic carbocycles. The molecule has 31 heavy (non-hydrogen) atoms. The fraction of sp³-hybridized carbons (Fsp3) is 0.391. The maximum Gasteiger partial charge on any atom is 0.159 e. The highest BCUT2D eigenvalue weighted by Gasteiger charge is 2.26. The lowest BCUT2D eigenvalue weighted by Gasteiger charge is -2.40. The number of aromatic nitrogens is 4. The van der Waals surface area contributed by atoms with Crippen LogP contribution in [0.3, 0.4) is 0 Å². The van der Waals surface area contributed by atoms with Crippen molar-refractivity contribution in [2.24, 2.45) is 0 Å². The van der Waals surface area contributed by atoms with Gasteiger partial charge in [-0.3, -0.25) is 10.00 Å². The van der Waals surface area contributed by atoms with Crippen molar-refractivity contribution in [1.82, 2.24) is 25.1 Å². The third-order valence-corrected chi connectivity index (χ3v) is 6.84. The normalized spacial score (nSPS) is 18.9. The molecule has 0 saturated carbocycles. The van der Waals surface area contributed by atoms with E-state index in [1.807, 2.05) is 18.2 Å². The van der Waals surface area contributed by atoms with Gasteiger partial charge in [-0.1, -0.05) is 11.6 Å². The zero-order valence-electron chi connectivity index (χ0n) is 17.3. The van der Waals surface area contributed by atoms with Gasteiger partial charge in [0.15, 0.2) is 5.82 Å². The molecule has 2 aromatic heterocycles. The topological polar surface area (TPSA) is 73.1 Å². The number of anilines is 1. The second kappa shape index (κ2) is 7.82. The van der Waals surface area contributed by atoms with E-state index in [2.05, 4.69) is 43.2 Å². The first-order valence-corrected chi connectivity index (χ1v) is 11.3. The van der Waals surface area contributed by atoms with Crippen LogP contribution in [0, 0.1) is 0 Å². The van der Waals surface area contributed by atoms with Gasteiger partial charge in [0.05, 0.1) is 29.8 Å². The molecule has 2 fully saturated rings. The first kappa shape index (κ1) is 19.1. The molecule has 160 valence electrons. The first-order valence-electron chi connectivity index (χ1n) is 11.0. The van der Waals surface area contributed by atoms with Crippen LogP contribution in [-0.2, 0) is 4.74 Å². The number of ether oxygens (including phenoxy) is 1. The summed E-state index contributed by atoms with van der Waals surface area (Å²) in [6.45, 7) is 6.05. The average molecular weight is 437 g/mol. The van der Waals surface area contributed by atoms with Crippen LogP contribution in [0.15, 0.2) is 36.4 Å². The molecule has 7 nitrogen and oxygen atoms in total. The number of rotatable bonds is 3. The molecular weight excluding hydrogens is 412 g/mol. The maximum absolute atomic E-state index is 6.10. The molecule has 0 spiro atoms. The van der Waals surface area contributed by atoms with Crippen molar-refractivity contribution < 1.29 is 4.74 Å². The third kappa shape index (κ3) is 3.56. The Morgan fingerprint density at radius 3 is 2.65 bits per heavy atom. The van der Waals surface area contributed by atoms with Gasteiger partial charge in [0, 0.05) is 48.3 Å². The van der Waals surface area contributed by atoms with Gasteiger partial charge in [0.25, 0.3) is 0 Å². The van der Waals surface area contributed by atoms with Crippen LogP contribution in [0.2, 0.25) is 5.02 Å². The van der Waals surface area contributed by atoms with Crippen molar-refractivity contribution in [3.8, 4) is 11.5 Å². The van der Waals surface area contributed by atoms with Crippen LogP contribution in [0.1, 0.15) is 12.8 Å². The lowest BCUT2D eigenvalue weighted by molar-refractivity contribution is 0.0115. The molecule has 0 amide bonds. The summed E-state index contributed by atoms with van der Waals surface area (Å²) >= 11 is 6.10. The molecule has 2 N–H and O–H groups in total. The second-order valence-electron chi connectivity index (χ2n) is 8.42. The fourth-order valence-corrected chi connectivity index (χ4v) is 5.08. The Kier molecular flexibility index (Phi) is 4.82. The number of piperidine rings is 1. The van der Waals surface area contributed by atoms with E-state index in [9.17, 15) is 0 Å². The van der Waals surface area contributed by atoms with E-state index < -0.39 is 0 Å². The lowest BCUT2D eigenvalue weighted by Crippen LogP contribution is -2.49. The van der Waals surface area contributed by atoms with Crippen molar-refractivity contribution in [2.45, 2.75) is 18.9 Å². The molecule has 8 heteroatoms. The van der Waals surface area contributed by atoms with Gasteiger partial charge in [-0.15, -0.1) is 0 Å². The molecule has 0 bridgehead atoms. The molecule has 0 radical (unpaired) electrons. The van der Waals surface area contributed by atoms with Crippen molar-refractivity contribution in [1.29, 1.82) is 0 Å². The summed E-state index contributed by atoms with van der Waals surface area (Å²) in [4.78, 5) is 13.3. The number of fused-ring (bicyclic) bond motifs is 2. The van der Waals surface area contributed by atoms with E-state index in [0.29, 0.717) is 11.1 Å². The molecule has 2 aromatic carbocycles. The molecule has 4 aromatic rings. The highest BCUT2D eigenvalue weighted by Crippen LogP contribution is 2.30. The van der Waals surface area contributed by atoms with E-state index in [-0.39, 0.29) is 0 Å². The summed E-state index contributed by atoms with van der Waals surface area (Å²) in [6, 6.07) is 12.9. The summed E-state index contributed by atoms with van der Waals surface area (Å²) in [5.74, 6) is 0.770. The smallest absolute Gasteiger partial charge is 0.159 e. The van der Waals surface area contributed by atoms with Crippen LogP contribution in [0.5, 0.6) is 0 Å². The molecule has 4 heterocycles. The third-order valence-electron chi connectivity index (χ3n) is 6.61. The summed E-state index contributed by atoms with van der Waals surface area (Å²) in [7, 11) is 0. The zero-order valence-corrected chi connectivity index (χ0v) is 18.0. The molecule has 0 atom stereocenters. The standard InChI is InChI=1S/C23H25ClN6O/c24-15-1-3-18-20(13-15)27-28-22(18)23-25-19-4-2-17(14-21(19)26-23)29-7-5-16(6-8-29)30-9-11-31-12-10-30/h1-4,13-14,16H,5-12H2,(H,25,26)(H,27,28). The first-order chi connectivity index (χ1) is 15.2. The Morgan fingerprint density at radius 1 is 0.968 bits per heavy atom. The van der Waals surface area contributed by atoms with Gasteiger partial charge in [-0.2, -0.15) is 5.10 Å². The molecule has 6 rings (SSSR count). The highest BCUT2D eigenvalue weighted by molar-refractivity contribution is 6.31. The van der Waals surface area contributed by atoms with Crippen LogP contribution in [-0.4, -0.2) is 70.5 Å². The maximum atomic E-state index is 6.10. The van der Waals surface area contributed by atoms with Crippen LogP contribution in [0.4, 0.5) is 5.69 Å². The van der Waals surface area contributed by atoms with Crippen LogP contribution >= 0.6 is 11.6 Å². The van der Waals surface area contributed by atoms with Gasteiger partial charge < -0.3 is 14.6 Å². The lowest BCUT2D eigenvalue weighted by atomic mass is 10.0. The van der Waals surface area contributed by atoms with Gasteiger partial charge in [0.2, 0.25) is 0 Å². The molecule has 2 saturated heterocycles. The summed E-state index contributed by atoms with van der Waals surface area (Å²) in [6.07, 6.45) is 2.40. The SMILES string of the molecule is Clc1ccc2c(-c3nc4ccc(N5CCC(N6CCOCC6)CC5)cc4[nH]3)n[nH]c2c1. The quantitative estimate of drug-likeness (QED) is 0.506. The van der Waals surface area contributed by atoms with Gasteiger partial charge in [-0.05, 0) is 49.2 Å². The van der Waals surface area contributed by atoms with E-state index in [1.54, 1.807) is 0 Å². The summed E-state index contributed by atoms with van der Waals surface area (Å²) in [5.41, 5.74) is 4.96. The van der Waals surface area contributed by atoms with Crippen LogP contribution in [0.25, 0.3) is 33.5 Å². The van der Waals surface area contributed by atoms with E-state index in [4.69, 9.17) is 21.3 Å². The van der Waals surface area contributed by atoms with Crippen molar-refractivity contribution >= 4 is 39.2 Å². The molecule has 2 aliphatic heterocycles. The number of aromatic amines is 2. The number of hydrogen-bond acceptors (Lipinski definition) is 5. The number of morpholine rings is 1. The number of H-pyrrole nitrogens is 2. The number of imidazole rings is 1. The van der Waals surface area contributed by atoms with E-state index in [1.165, 1.54) is 18.5 Å². The van der Waals surface area contributed by atoms with E-state index >= 15 is 0 Å². The van der Waals surface area contributed by atoms with Crippen molar-refractivity contribution in [2.75, 3.05) is 44.3 Å². The van der Waals surface area contributed by atoms with Crippen LogP contribution < -0.4 is 4.90 Å². The number of nitrogens with one attached hydrogen (secondary N) is 2. The Morgan fingerprint density at radius 2 is 1.81 bits per heavy atom. The number of halogens is 1. The highest BCUT2D eigenvalue weighted by atomic mass is 35.5. The minimum Gasteiger partial charge on any atom is -0.379 e. The Balaban J connectivity index is 1.23. The van der Waals surface area contributed by atoms with Gasteiger partial charge >= 0.3 is 0 Å². The molecule has 2 aliphatic rings. The minimum absolute atomic E-state index is 0.684. The monoisotopic (exact) mass is 436 g/mol. The largest absolute Gasteiger partial charge is 0.379 e. The fourth-order valence-electron chi connectivity index (χ4n) is 4.91. The summed E-state index contributed by atoms with van der Waals surface area (Å²) in [5, 5.41) is 9.21. The average Bonchev–Trinajstić information content (AvgIpc) is 3.42. The summed E-state index contributed by atoms with van der Waals surface area (Å²) < 4.78 is 5.51. The van der Waals surface area contributed by atoms with E-state index in [0.717, 1.165) is 72.8 Å². The predicted molar refractivity (Wildman–Crippen MR) is 124 cm³/mol. The molecular formula is C23H25ClN6O. The Labute approximate surface area is 185 Å². The number of hydrogen-bond donors (Lipinski definition) is 2. The minimum atomic E-state index is 0.684. The van der Waals surface area contributed by atoms with Gasteiger partial charge in [-0.25, -0.2) is 4.98 Å². The predicted octanol–water partition coefficient (Wildman–Crippen LogP) is 4.06. The molecule has 0 unspecified atom stereocenters. The Bertz CT molecular complexity index is 1220. The number of nitrogens with zero attached hydrogens (tertiary/aromatic N) is 4. The Hall–Kier alpha value is -2.61. The number of benzene rings is 2. The van der Waals surface area contributed by atoms with Crippen molar-refractivity contribution in [3.63, 3.8) is 0 Å².